The molecule has 22 heavy (non-hydrogen) atoms. The third kappa shape index (κ3) is 3.31. The molecule has 0 spiro atoms. The Kier molecular flexibility index (Phi) is 5.19. The molecule has 1 aromatic rings. The molecule has 1 saturated heterocycles. The predicted molar refractivity (Wildman–Crippen MR) is 76.2 cm³/mol. The van der Waals surface area contributed by atoms with Gasteiger partial charge in [-0.2, -0.15) is 0 Å². The minimum Gasteiger partial charge on any atom is -0.733 e. The number of nitrogens with zero attached hydrogens (tertiary/aromatic N) is 1. The van der Waals surface area contributed by atoms with E-state index in [1.54, 1.807) is 6.92 Å². The first kappa shape index (κ1) is 16.9. The molecule has 5 atom stereocenters. The van der Waals surface area contributed by atoms with Gasteiger partial charge in [-0.1, -0.05) is 0 Å². The number of aryl methyl sites for hydroxylation is 1. The van der Waals surface area contributed by atoms with Crippen molar-refractivity contribution in [2.45, 2.75) is 37.6 Å². The molecule has 9 heteroatoms. The van der Waals surface area contributed by atoms with E-state index in [2.05, 4.69) is 5.32 Å². The van der Waals surface area contributed by atoms with Gasteiger partial charge in [0.25, 0.3) is 0 Å². The highest BCUT2D eigenvalue weighted by atomic mass is 16.8. The fraction of sp³-hybridized carbons (Fsp3) is 0.538. The molecule has 2 rings (SSSR count). The Bertz CT molecular complexity index is 511. The fourth-order valence-electron chi connectivity index (χ4n) is 2.30. The zero-order valence-electron chi connectivity index (χ0n) is 11.8. The maximum Gasteiger partial charge on any atom is 0.157 e. The molecule has 0 amide bonds. The second kappa shape index (κ2) is 6.75. The maximum atomic E-state index is 10.8. The van der Waals surface area contributed by atoms with Gasteiger partial charge < -0.3 is 40.9 Å². The number of aliphatic hydroxyl groups is 4. The first-order valence-corrected chi connectivity index (χ1v) is 6.69. The highest BCUT2D eigenvalue weighted by Gasteiger charge is 2.43. The van der Waals surface area contributed by atoms with Gasteiger partial charge in [-0.3, -0.25) is 5.21 Å². The lowest BCUT2D eigenvalue weighted by Gasteiger charge is -2.40. The normalized spacial score (nSPS) is 31.9. The van der Waals surface area contributed by atoms with E-state index < -0.39 is 37.3 Å². The zero-order chi connectivity index (χ0) is 16.4. The molecule has 0 aliphatic carbocycles. The molecule has 9 nitrogen and oxygen atoms in total. The number of hydrogen-bond donors (Lipinski definition) is 6. The van der Waals surface area contributed by atoms with E-state index in [9.17, 15) is 20.5 Å². The topological polar surface area (TPSA) is 149 Å². The minimum absolute atomic E-state index is 0.0388. The highest BCUT2D eigenvalue weighted by Crippen LogP contribution is 2.26. The van der Waals surface area contributed by atoms with Gasteiger partial charge in [0.15, 0.2) is 6.23 Å². The number of anilines is 2. The Morgan fingerprint density at radius 3 is 2.45 bits per heavy atom. The number of nitrogens with one attached hydrogen (secondary N) is 1. The van der Waals surface area contributed by atoms with Crippen LogP contribution in [0.4, 0.5) is 11.4 Å². The van der Waals surface area contributed by atoms with Crippen LogP contribution in [-0.2, 0) is 4.74 Å². The zero-order valence-corrected chi connectivity index (χ0v) is 11.8. The van der Waals surface area contributed by atoms with E-state index in [1.165, 1.54) is 18.2 Å². The first-order valence-electron chi connectivity index (χ1n) is 6.69. The van der Waals surface area contributed by atoms with Crippen LogP contribution in [0.15, 0.2) is 18.2 Å². The molecule has 0 bridgehead atoms. The summed E-state index contributed by atoms with van der Waals surface area (Å²) in [7, 11) is 0. The van der Waals surface area contributed by atoms with Crippen LogP contribution in [0.25, 0.3) is 0 Å². The molecule has 0 radical (unpaired) electrons. The largest absolute Gasteiger partial charge is 0.733 e. The van der Waals surface area contributed by atoms with Crippen LogP contribution in [0.3, 0.4) is 0 Å². The molecular weight excluding hydrogens is 296 g/mol. The quantitative estimate of drug-likeness (QED) is 0.381. The van der Waals surface area contributed by atoms with E-state index in [1.807, 2.05) is 0 Å². The van der Waals surface area contributed by atoms with Gasteiger partial charge in [-0.15, -0.1) is 0 Å². The first-order chi connectivity index (χ1) is 10.3. The third-order valence-electron chi connectivity index (χ3n) is 3.62. The summed E-state index contributed by atoms with van der Waals surface area (Å²) in [4.78, 5) is 0. The predicted octanol–water partition coefficient (Wildman–Crippen LogP) is -1.10. The van der Waals surface area contributed by atoms with Crippen LogP contribution in [-0.4, -0.2) is 62.9 Å². The van der Waals surface area contributed by atoms with E-state index in [-0.39, 0.29) is 10.9 Å². The molecule has 1 aliphatic heterocycles. The van der Waals surface area contributed by atoms with Gasteiger partial charge in [-0.25, -0.2) is 0 Å². The summed E-state index contributed by atoms with van der Waals surface area (Å²) < 4.78 is 5.32. The second-order valence-electron chi connectivity index (χ2n) is 5.17. The van der Waals surface area contributed by atoms with Crippen molar-refractivity contribution in [1.29, 1.82) is 0 Å². The summed E-state index contributed by atoms with van der Waals surface area (Å²) in [5, 5.41) is 60.7. The molecule has 0 saturated carbocycles. The summed E-state index contributed by atoms with van der Waals surface area (Å²) in [6.45, 7) is 1.15. The van der Waals surface area contributed by atoms with Gasteiger partial charge in [0.1, 0.15) is 24.4 Å². The lowest BCUT2D eigenvalue weighted by molar-refractivity contribution is -0.221. The smallest absolute Gasteiger partial charge is 0.157 e. The number of ether oxygens (including phenoxy) is 1. The number of benzene rings is 1. The van der Waals surface area contributed by atoms with E-state index in [0.717, 1.165) is 0 Å². The van der Waals surface area contributed by atoms with Gasteiger partial charge in [0, 0.05) is 5.69 Å². The summed E-state index contributed by atoms with van der Waals surface area (Å²) in [5.74, 6) is 0. The van der Waals surface area contributed by atoms with Crippen molar-refractivity contribution in [2.75, 3.05) is 17.2 Å². The van der Waals surface area contributed by atoms with Crippen LogP contribution >= 0.6 is 0 Å². The lowest BCUT2D eigenvalue weighted by Crippen LogP contribution is -2.60. The molecule has 1 heterocycles. The Morgan fingerprint density at radius 1 is 1.23 bits per heavy atom. The summed E-state index contributed by atoms with van der Waals surface area (Å²) in [5.41, 5.74) is 1.12. The molecule has 1 aromatic carbocycles. The summed E-state index contributed by atoms with van der Waals surface area (Å²) in [6, 6.07) is 4.26. The molecule has 1 aliphatic rings. The van der Waals surface area contributed by atoms with Crippen LogP contribution in [0.5, 0.6) is 0 Å². The molecule has 0 unspecified atom stereocenters. The minimum atomic E-state index is -1.47. The number of hydrogen-bond acceptors (Lipinski definition) is 9. The average molecular weight is 315 g/mol. The maximum absolute atomic E-state index is 10.8. The Morgan fingerprint density at radius 2 is 1.91 bits per heavy atom. The SMILES string of the molecule is Cc1cc(N([O-])O)ccc1N[C@H]1O[C@H](CO)[C@@H](O)[C@H](O)[C@@H]1O. The Balaban J connectivity index is 2.15. The van der Waals surface area contributed by atoms with Crippen molar-refractivity contribution < 1.29 is 30.4 Å². The number of rotatable bonds is 4. The van der Waals surface area contributed by atoms with Crippen molar-refractivity contribution in [3.05, 3.63) is 29.0 Å². The molecule has 124 valence electrons. The van der Waals surface area contributed by atoms with Crippen LogP contribution in [0.1, 0.15) is 5.56 Å². The highest BCUT2D eigenvalue weighted by molar-refractivity contribution is 5.59. The van der Waals surface area contributed by atoms with Crippen LogP contribution < -0.4 is 10.5 Å². The molecule has 1 fully saturated rings. The fourth-order valence-corrected chi connectivity index (χ4v) is 2.30. The van der Waals surface area contributed by atoms with E-state index in [0.29, 0.717) is 11.3 Å². The van der Waals surface area contributed by atoms with Gasteiger partial charge in [0.2, 0.25) is 0 Å². The molecule has 0 aromatic heterocycles. The Hall–Kier alpha value is -1.46. The monoisotopic (exact) mass is 315 g/mol. The van der Waals surface area contributed by atoms with Crippen LogP contribution in [0.2, 0.25) is 0 Å². The van der Waals surface area contributed by atoms with Gasteiger partial charge in [-0.05, 0) is 30.7 Å². The van der Waals surface area contributed by atoms with Crippen molar-refractivity contribution in [3.8, 4) is 0 Å². The molecule has 6 N–H and O–H groups in total. The van der Waals surface area contributed by atoms with Crippen molar-refractivity contribution in [2.24, 2.45) is 0 Å². The van der Waals surface area contributed by atoms with Gasteiger partial charge in [0.05, 0.1) is 12.3 Å². The van der Waals surface area contributed by atoms with Crippen molar-refractivity contribution in [3.63, 3.8) is 0 Å². The van der Waals surface area contributed by atoms with Crippen molar-refractivity contribution in [1.82, 2.24) is 0 Å². The van der Waals surface area contributed by atoms with E-state index in [4.69, 9.17) is 15.1 Å². The third-order valence-corrected chi connectivity index (χ3v) is 3.62. The lowest BCUT2D eigenvalue weighted by atomic mass is 9.98. The van der Waals surface area contributed by atoms with Crippen LogP contribution in [0, 0.1) is 12.1 Å². The average Bonchev–Trinajstić information content (AvgIpc) is 2.49. The van der Waals surface area contributed by atoms with Crippen molar-refractivity contribution >= 4 is 11.4 Å². The number of aliphatic hydroxyl groups excluding tert-OH is 4. The second-order valence-corrected chi connectivity index (χ2v) is 5.17. The summed E-state index contributed by atoms with van der Waals surface area (Å²) in [6.07, 6.45) is -6.38. The van der Waals surface area contributed by atoms with E-state index >= 15 is 0 Å². The van der Waals surface area contributed by atoms with Gasteiger partial charge >= 0.3 is 0 Å². The molecular formula is C13H19N2O7-. The summed E-state index contributed by atoms with van der Waals surface area (Å²) >= 11 is 0. The standard InChI is InChI=1S/C13H19N2O7/c1-6-4-7(15(20)21)2-3-8(6)14-13-12(19)11(18)10(17)9(5-16)22-13/h2-4,9-14,16-20H,5H2,1H3/q-1/t9-,10-,11+,12+,13+/m1/s1. The Labute approximate surface area is 126 Å².